The Morgan fingerprint density at radius 1 is 1.35 bits per heavy atom. The first kappa shape index (κ1) is 17.5. The van der Waals surface area contributed by atoms with Gasteiger partial charge in [-0.25, -0.2) is 0 Å². The lowest BCUT2D eigenvalue weighted by atomic mass is 10.1. The highest BCUT2D eigenvalue weighted by Crippen LogP contribution is 2.18. The van der Waals surface area contributed by atoms with Crippen LogP contribution in [0.4, 0.5) is 5.69 Å². The Morgan fingerprint density at radius 3 is 2.74 bits per heavy atom. The van der Waals surface area contributed by atoms with Gasteiger partial charge in [-0.2, -0.15) is 0 Å². The summed E-state index contributed by atoms with van der Waals surface area (Å²) in [5, 5.41) is 2.93. The normalized spacial score (nSPS) is 15.8. The quantitative estimate of drug-likeness (QED) is 0.808. The molecule has 2 rings (SSSR count). The number of morpholine rings is 1. The van der Waals surface area contributed by atoms with Crippen molar-refractivity contribution in [1.29, 1.82) is 0 Å². The Labute approximate surface area is 138 Å². The molecular weight excluding hydrogens is 290 g/mol. The van der Waals surface area contributed by atoms with Crippen molar-refractivity contribution < 1.29 is 9.53 Å². The van der Waals surface area contributed by atoms with E-state index >= 15 is 0 Å². The first-order valence-corrected chi connectivity index (χ1v) is 8.10. The average molecular weight is 317 g/mol. The summed E-state index contributed by atoms with van der Waals surface area (Å²) in [5.41, 5.74) is 3.39. The first-order valence-electron chi connectivity index (χ1n) is 8.10. The average Bonchev–Trinajstić information content (AvgIpc) is 2.54. The van der Waals surface area contributed by atoms with Gasteiger partial charge < -0.3 is 15.0 Å². The van der Waals surface area contributed by atoms with Crippen LogP contribution >= 0.6 is 0 Å². The molecule has 0 radical (unpaired) electrons. The van der Waals surface area contributed by atoms with Crippen LogP contribution in [0.5, 0.6) is 0 Å². The SMILES string of the molecule is Cc1cc(N(C)C)ccc1/C=C/C(=O)NCCN1CCOCC1. The monoisotopic (exact) mass is 317 g/mol. The molecule has 1 aromatic rings. The zero-order valence-corrected chi connectivity index (χ0v) is 14.3. The van der Waals surface area contributed by atoms with Gasteiger partial charge >= 0.3 is 0 Å². The lowest BCUT2D eigenvalue weighted by Gasteiger charge is -2.26. The van der Waals surface area contributed by atoms with E-state index in [0.29, 0.717) is 6.54 Å². The molecule has 1 N–H and O–H groups in total. The minimum Gasteiger partial charge on any atom is -0.379 e. The van der Waals surface area contributed by atoms with Crippen molar-refractivity contribution in [2.75, 3.05) is 58.4 Å². The summed E-state index contributed by atoms with van der Waals surface area (Å²) in [6.07, 6.45) is 3.48. The molecule has 1 aliphatic rings. The molecule has 0 aromatic heterocycles. The maximum absolute atomic E-state index is 11.9. The molecule has 0 saturated carbocycles. The van der Waals surface area contributed by atoms with E-state index in [9.17, 15) is 4.79 Å². The molecule has 126 valence electrons. The first-order chi connectivity index (χ1) is 11.1. The molecule has 23 heavy (non-hydrogen) atoms. The van der Waals surface area contributed by atoms with Gasteiger partial charge in [-0.05, 0) is 36.3 Å². The molecule has 1 amide bonds. The number of benzene rings is 1. The minimum atomic E-state index is -0.0469. The molecule has 5 heteroatoms. The van der Waals surface area contributed by atoms with Crippen LogP contribution in [-0.4, -0.2) is 64.3 Å². The number of hydrogen-bond donors (Lipinski definition) is 1. The van der Waals surface area contributed by atoms with E-state index in [1.54, 1.807) is 6.08 Å². The summed E-state index contributed by atoms with van der Waals surface area (Å²) in [6.45, 7) is 7.07. The topological polar surface area (TPSA) is 44.8 Å². The fourth-order valence-corrected chi connectivity index (χ4v) is 2.51. The molecular formula is C18H27N3O2. The summed E-state index contributed by atoms with van der Waals surface area (Å²) in [6, 6.07) is 6.22. The molecule has 1 saturated heterocycles. The standard InChI is InChI=1S/C18H27N3O2/c1-15-14-17(20(2)3)6-4-16(15)5-7-18(22)19-8-9-21-10-12-23-13-11-21/h4-7,14H,8-13H2,1-3H3,(H,19,22)/b7-5+. The van der Waals surface area contributed by atoms with E-state index in [1.807, 2.05) is 26.2 Å². The van der Waals surface area contributed by atoms with Crippen LogP contribution < -0.4 is 10.2 Å². The van der Waals surface area contributed by atoms with Crippen molar-refractivity contribution in [2.24, 2.45) is 0 Å². The molecule has 1 heterocycles. The Balaban J connectivity index is 1.79. The van der Waals surface area contributed by atoms with Crippen molar-refractivity contribution in [3.63, 3.8) is 0 Å². The van der Waals surface area contributed by atoms with Gasteiger partial charge in [0, 0.05) is 52.0 Å². The van der Waals surface area contributed by atoms with Gasteiger partial charge in [-0.1, -0.05) is 6.07 Å². The van der Waals surface area contributed by atoms with Crippen LogP contribution in [0.1, 0.15) is 11.1 Å². The zero-order valence-electron chi connectivity index (χ0n) is 14.3. The van der Waals surface area contributed by atoms with Gasteiger partial charge in [0.05, 0.1) is 13.2 Å². The highest BCUT2D eigenvalue weighted by molar-refractivity contribution is 5.91. The number of ether oxygens (including phenoxy) is 1. The molecule has 0 atom stereocenters. The number of carbonyl (C=O) groups is 1. The molecule has 0 aliphatic carbocycles. The highest BCUT2D eigenvalue weighted by Gasteiger charge is 2.09. The van der Waals surface area contributed by atoms with Gasteiger partial charge in [0.15, 0.2) is 0 Å². The summed E-state index contributed by atoms with van der Waals surface area (Å²) >= 11 is 0. The number of rotatable bonds is 6. The summed E-state index contributed by atoms with van der Waals surface area (Å²) in [4.78, 5) is 16.3. The van der Waals surface area contributed by atoms with Gasteiger partial charge in [0.25, 0.3) is 0 Å². The lowest BCUT2D eigenvalue weighted by Crippen LogP contribution is -2.41. The molecule has 1 aliphatic heterocycles. The second-order valence-corrected chi connectivity index (χ2v) is 6.01. The van der Waals surface area contributed by atoms with Crippen molar-refractivity contribution in [2.45, 2.75) is 6.92 Å². The Kier molecular flexibility index (Phi) is 6.62. The number of hydrogen-bond acceptors (Lipinski definition) is 4. The third kappa shape index (κ3) is 5.69. The van der Waals surface area contributed by atoms with E-state index in [-0.39, 0.29) is 5.91 Å². The smallest absolute Gasteiger partial charge is 0.244 e. The van der Waals surface area contributed by atoms with E-state index in [2.05, 4.69) is 34.2 Å². The molecule has 0 unspecified atom stereocenters. The predicted octanol–water partition coefficient (Wildman–Crippen LogP) is 1.52. The van der Waals surface area contributed by atoms with Crippen LogP contribution in [0.2, 0.25) is 0 Å². The van der Waals surface area contributed by atoms with Gasteiger partial charge in [-0.15, -0.1) is 0 Å². The van der Waals surface area contributed by atoms with Crippen LogP contribution in [0.3, 0.4) is 0 Å². The molecule has 1 aromatic carbocycles. The summed E-state index contributed by atoms with van der Waals surface area (Å²) in [5.74, 6) is -0.0469. The lowest BCUT2D eigenvalue weighted by molar-refractivity contribution is -0.116. The van der Waals surface area contributed by atoms with Crippen LogP contribution in [0, 0.1) is 6.92 Å². The van der Waals surface area contributed by atoms with Crippen molar-refractivity contribution in [3.8, 4) is 0 Å². The third-order valence-corrected chi connectivity index (χ3v) is 4.02. The van der Waals surface area contributed by atoms with E-state index < -0.39 is 0 Å². The number of amides is 1. The minimum absolute atomic E-state index is 0.0469. The van der Waals surface area contributed by atoms with Crippen LogP contribution in [-0.2, 0) is 9.53 Å². The largest absolute Gasteiger partial charge is 0.379 e. The van der Waals surface area contributed by atoms with E-state index in [4.69, 9.17) is 4.74 Å². The third-order valence-electron chi connectivity index (χ3n) is 4.02. The Bertz CT molecular complexity index is 549. The van der Waals surface area contributed by atoms with Gasteiger partial charge in [-0.3, -0.25) is 9.69 Å². The summed E-state index contributed by atoms with van der Waals surface area (Å²) < 4.78 is 5.31. The van der Waals surface area contributed by atoms with Crippen LogP contribution in [0.25, 0.3) is 6.08 Å². The molecule has 5 nitrogen and oxygen atoms in total. The van der Waals surface area contributed by atoms with E-state index in [1.165, 1.54) is 0 Å². The molecule has 0 spiro atoms. The Morgan fingerprint density at radius 2 is 2.09 bits per heavy atom. The molecule has 0 bridgehead atoms. The fraction of sp³-hybridized carbons (Fsp3) is 0.500. The number of aryl methyl sites for hydroxylation is 1. The zero-order chi connectivity index (χ0) is 16.7. The van der Waals surface area contributed by atoms with Crippen molar-refractivity contribution in [3.05, 3.63) is 35.4 Å². The highest BCUT2D eigenvalue weighted by atomic mass is 16.5. The maximum atomic E-state index is 11.9. The number of anilines is 1. The number of carbonyl (C=O) groups excluding carboxylic acids is 1. The number of nitrogens with one attached hydrogen (secondary N) is 1. The van der Waals surface area contributed by atoms with E-state index in [0.717, 1.165) is 49.7 Å². The fourth-order valence-electron chi connectivity index (χ4n) is 2.51. The van der Waals surface area contributed by atoms with Crippen molar-refractivity contribution >= 4 is 17.7 Å². The number of nitrogens with zero attached hydrogens (tertiary/aromatic N) is 2. The second-order valence-electron chi connectivity index (χ2n) is 6.01. The van der Waals surface area contributed by atoms with Crippen LogP contribution in [0.15, 0.2) is 24.3 Å². The van der Waals surface area contributed by atoms with Gasteiger partial charge in [0.2, 0.25) is 5.91 Å². The van der Waals surface area contributed by atoms with Crippen molar-refractivity contribution in [1.82, 2.24) is 10.2 Å². The maximum Gasteiger partial charge on any atom is 0.244 e. The Hall–Kier alpha value is -1.85. The predicted molar refractivity (Wildman–Crippen MR) is 94.8 cm³/mol. The second kappa shape index (κ2) is 8.70. The molecule has 1 fully saturated rings. The van der Waals surface area contributed by atoms with Gasteiger partial charge in [0.1, 0.15) is 0 Å². The summed E-state index contributed by atoms with van der Waals surface area (Å²) in [7, 11) is 4.04.